The molecule has 2 aliphatic rings. The van der Waals surface area contributed by atoms with E-state index in [0.717, 1.165) is 41.1 Å². The predicted octanol–water partition coefficient (Wildman–Crippen LogP) is 2.61. The van der Waals surface area contributed by atoms with Crippen LogP contribution in [-0.4, -0.2) is 42.8 Å². The molecule has 1 fully saturated rings. The van der Waals surface area contributed by atoms with E-state index < -0.39 is 7.12 Å². The fourth-order valence-corrected chi connectivity index (χ4v) is 4.08. The maximum absolute atomic E-state index is 12.3. The van der Waals surface area contributed by atoms with Gasteiger partial charge in [0.2, 0.25) is 0 Å². The first-order chi connectivity index (χ1) is 14.1. The summed E-state index contributed by atoms with van der Waals surface area (Å²) in [5.41, 5.74) is 4.16. The van der Waals surface area contributed by atoms with E-state index in [1.807, 2.05) is 25.1 Å². The lowest BCUT2D eigenvalue weighted by Crippen LogP contribution is -2.41. The predicted molar refractivity (Wildman–Crippen MR) is 119 cm³/mol. The van der Waals surface area contributed by atoms with E-state index in [2.05, 4.69) is 50.0 Å². The van der Waals surface area contributed by atoms with E-state index in [0.29, 0.717) is 6.54 Å². The lowest BCUT2D eigenvalue weighted by molar-refractivity contribution is 0.00578. The fourth-order valence-electron chi connectivity index (χ4n) is 4.08. The van der Waals surface area contributed by atoms with Crippen LogP contribution in [0.15, 0.2) is 30.3 Å². The van der Waals surface area contributed by atoms with Gasteiger partial charge in [0.1, 0.15) is 5.82 Å². The topological polar surface area (TPSA) is 63.7 Å². The van der Waals surface area contributed by atoms with Crippen LogP contribution in [0, 0.1) is 6.92 Å². The summed E-state index contributed by atoms with van der Waals surface area (Å²) in [5, 5.41) is 2.75. The van der Waals surface area contributed by atoms with Crippen molar-refractivity contribution < 1.29 is 14.1 Å². The SMILES string of the molecule is CNC(=O)c1cccc2c1CN(c1ccc(B3OC(C)(C)C(C)(C)O3)c(C)n1)CC2. The van der Waals surface area contributed by atoms with Gasteiger partial charge in [-0.25, -0.2) is 4.98 Å². The first kappa shape index (κ1) is 20.9. The Morgan fingerprint density at radius 2 is 1.83 bits per heavy atom. The summed E-state index contributed by atoms with van der Waals surface area (Å²) in [7, 11) is 1.25. The van der Waals surface area contributed by atoms with Crippen molar-refractivity contribution in [2.45, 2.75) is 58.8 Å². The molecule has 0 aliphatic carbocycles. The third-order valence-electron chi connectivity index (χ3n) is 6.69. The number of carbonyl (C=O) groups is 1. The maximum atomic E-state index is 12.3. The molecule has 1 aromatic heterocycles. The van der Waals surface area contributed by atoms with Crippen LogP contribution in [0.25, 0.3) is 0 Å². The van der Waals surface area contributed by atoms with Crippen LogP contribution in [-0.2, 0) is 22.3 Å². The number of carbonyl (C=O) groups excluding carboxylic acids is 1. The molecule has 3 heterocycles. The molecule has 0 radical (unpaired) electrons. The second-order valence-corrected chi connectivity index (χ2v) is 9.13. The highest BCUT2D eigenvalue weighted by Gasteiger charge is 2.52. The number of amides is 1. The molecule has 0 saturated carbocycles. The highest BCUT2D eigenvalue weighted by atomic mass is 16.7. The van der Waals surface area contributed by atoms with Gasteiger partial charge in [0.15, 0.2) is 0 Å². The third kappa shape index (κ3) is 3.50. The highest BCUT2D eigenvalue weighted by molar-refractivity contribution is 6.62. The molecule has 2 aliphatic heterocycles. The molecule has 30 heavy (non-hydrogen) atoms. The highest BCUT2D eigenvalue weighted by Crippen LogP contribution is 2.36. The first-order valence-corrected chi connectivity index (χ1v) is 10.5. The standard InChI is InChI=1S/C23H30BN3O3/c1-15-19(24-29-22(2,3)23(4,5)30-24)10-11-20(26-15)27-13-12-16-8-7-9-17(18(16)14-27)21(28)25-6/h7-11H,12-14H2,1-6H3,(H,25,28). The Morgan fingerprint density at radius 1 is 1.13 bits per heavy atom. The van der Waals surface area contributed by atoms with Crippen molar-refractivity contribution >= 4 is 24.3 Å². The van der Waals surface area contributed by atoms with Crippen molar-refractivity contribution in [3.63, 3.8) is 0 Å². The number of pyridine rings is 1. The Kier molecular flexibility index (Phi) is 5.15. The largest absolute Gasteiger partial charge is 0.496 e. The van der Waals surface area contributed by atoms with Crippen molar-refractivity contribution in [2.24, 2.45) is 0 Å². The van der Waals surface area contributed by atoms with Gasteiger partial charge in [0.05, 0.1) is 11.2 Å². The van der Waals surface area contributed by atoms with E-state index in [4.69, 9.17) is 14.3 Å². The minimum absolute atomic E-state index is 0.0473. The molecule has 1 amide bonds. The van der Waals surface area contributed by atoms with Crippen LogP contribution in [0.4, 0.5) is 5.82 Å². The number of aromatic nitrogens is 1. The van der Waals surface area contributed by atoms with Crippen LogP contribution >= 0.6 is 0 Å². The van der Waals surface area contributed by atoms with Crippen LogP contribution in [0.1, 0.15) is 54.9 Å². The van der Waals surface area contributed by atoms with E-state index in [1.54, 1.807) is 7.05 Å². The van der Waals surface area contributed by atoms with Gasteiger partial charge in [0.25, 0.3) is 5.91 Å². The number of nitrogens with zero attached hydrogens (tertiary/aromatic N) is 2. The van der Waals surface area contributed by atoms with Gasteiger partial charge in [0, 0.05) is 36.9 Å². The number of fused-ring (bicyclic) bond motifs is 1. The molecule has 0 atom stereocenters. The van der Waals surface area contributed by atoms with Crippen molar-refractivity contribution in [2.75, 3.05) is 18.5 Å². The van der Waals surface area contributed by atoms with E-state index >= 15 is 0 Å². The molecule has 4 rings (SSSR count). The molecule has 1 aromatic carbocycles. The van der Waals surface area contributed by atoms with Crippen molar-refractivity contribution in [3.8, 4) is 0 Å². The minimum atomic E-state index is -0.418. The van der Waals surface area contributed by atoms with Crippen molar-refractivity contribution in [1.82, 2.24) is 10.3 Å². The zero-order chi connectivity index (χ0) is 21.7. The van der Waals surface area contributed by atoms with Crippen LogP contribution in [0.5, 0.6) is 0 Å². The summed E-state index contributed by atoms with van der Waals surface area (Å²) in [6.07, 6.45) is 0.889. The van der Waals surface area contributed by atoms with Gasteiger partial charge in [-0.05, 0) is 64.3 Å². The minimum Gasteiger partial charge on any atom is -0.399 e. The van der Waals surface area contributed by atoms with E-state index in [-0.39, 0.29) is 17.1 Å². The molecule has 0 unspecified atom stereocenters. The Labute approximate surface area is 179 Å². The summed E-state index contributed by atoms with van der Waals surface area (Å²) in [4.78, 5) is 19.4. The molecule has 0 bridgehead atoms. The summed E-state index contributed by atoms with van der Waals surface area (Å²) in [6.45, 7) is 11.8. The molecular formula is C23H30BN3O3. The monoisotopic (exact) mass is 407 g/mol. The third-order valence-corrected chi connectivity index (χ3v) is 6.69. The Balaban J connectivity index is 1.59. The fraction of sp³-hybridized carbons (Fsp3) is 0.478. The Morgan fingerprint density at radius 3 is 2.47 bits per heavy atom. The molecular weight excluding hydrogens is 377 g/mol. The van der Waals surface area contributed by atoms with Gasteiger partial charge < -0.3 is 19.5 Å². The van der Waals surface area contributed by atoms with Gasteiger partial charge in [-0.15, -0.1) is 0 Å². The number of nitrogens with one attached hydrogen (secondary N) is 1. The number of rotatable bonds is 3. The van der Waals surface area contributed by atoms with Gasteiger partial charge in [-0.2, -0.15) is 0 Å². The Bertz CT molecular complexity index is 974. The van der Waals surface area contributed by atoms with Crippen LogP contribution in [0.3, 0.4) is 0 Å². The van der Waals surface area contributed by atoms with E-state index in [9.17, 15) is 4.79 Å². The molecule has 1 N–H and O–H groups in total. The molecule has 158 valence electrons. The van der Waals surface area contributed by atoms with Gasteiger partial charge in [-0.1, -0.05) is 18.2 Å². The lowest BCUT2D eigenvalue weighted by Gasteiger charge is -2.32. The second kappa shape index (κ2) is 7.39. The average Bonchev–Trinajstić information content (AvgIpc) is 2.93. The normalized spacial score (nSPS) is 19.5. The van der Waals surface area contributed by atoms with Crippen LogP contribution < -0.4 is 15.7 Å². The van der Waals surface area contributed by atoms with Crippen molar-refractivity contribution in [3.05, 3.63) is 52.7 Å². The molecule has 6 nitrogen and oxygen atoms in total. The second-order valence-electron chi connectivity index (χ2n) is 9.13. The lowest BCUT2D eigenvalue weighted by atomic mass is 9.78. The van der Waals surface area contributed by atoms with E-state index in [1.165, 1.54) is 5.56 Å². The summed E-state index contributed by atoms with van der Waals surface area (Å²) >= 11 is 0. The zero-order valence-corrected chi connectivity index (χ0v) is 18.7. The van der Waals surface area contributed by atoms with Gasteiger partial charge >= 0.3 is 7.12 Å². The summed E-state index contributed by atoms with van der Waals surface area (Å²) in [5.74, 6) is 0.860. The molecule has 1 saturated heterocycles. The number of hydrogen-bond acceptors (Lipinski definition) is 5. The summed E-state index contributed by atoms with van der Waals surface area (Å²) in [6, 6.07) is 10.0. The number of anilines is 1. The average molecular weight is 407 g/mol. The number of aryl methyl sites for hydroxylation is 1. The maximum Gasteiger partial charge on any atom is 0.496 e. The summed E-state index contributed by atoms with van der Waals surface area (Å²) < 4.78 is 12.4. The quantitative estimate of drug-likeness (QED) is 0.793. The van der Waals surface area contributed by atoms with Crippen molar-refractivity contribution in [1.29, 1.82) is 0 Å². The number of hydrogen-bond donors (Lipinski definition) is 1. The molecule has 0 spiro atoms. The smallest absolute Gasteiger partial charge is 0.399 e. The molecule has 7 heteroatoms. The Hall–Kier alpha value is -2.38. The van der Waals surface area contributed by atoms with Crippen LogP contribution in [0.2, 0.25) is 0 Å². The number of benzene rings is 1. The first-order valence-electron chi connectivity index (χ1n) is 10.5. The van der Waals surface area contributed by atoms with Gasteiger partial charge in [-0.3, -0.25) is 4.79 Å². The zero-order valence-electron chi connectivity index (χ0n) is 18.7. The molecule has 2 aromatic rings.